The Balaban J connectivity index is 2.76. The zero-order valence-electron chi connectivity index (χ0n) is 11.3. The highest BCUT2D eigenvalue weighted by atomic mass is 16.5. The van der Waals surface area contributed by atoms with Crippen molar-refractivity contribution in [3.8, 4) is 11.5 Å². The minimum atomic E-state index is 0.0312. The van der Waals surface area contributed by atoms with Crippen LogP contribution in [0.25, 0.3) is 0 Å². The lowest BCUT2D eigenvalue weighted by Gasteiger charge is -2.22. The third-order valence-corrected chi connectivity index (χ3v) is 3.68. The number of hydrogen-bond donors (Lipinski definition) is 1. The second-order valence-corrected chi connectivity index (χ2v) is 5.41. The molecule has 0 unspecified atom stereocenters. The van der Waals surface area contributed by atoms with Gasteiger partial charge in [0.1, 0.15) is 0 Å². The molecule has 1 aliphatic carbocycles. The summed E-state index contributed by atoms with van der Waals surface area (Å²) in [5, 5.41) is 0. The predicted molar refractivity (Wildman–Crippen MR) is 68.9 cm³/mol. The van der Waals surface area contributed by atoms with Gasteiger partial charge in [0.2, 0.25) is 0 Å². The summed E-state index contributed by atoms with van der Waals surface area (Å²) in [6.07, 6.45) is 0.951. The van der Waals surface area contributed by atoms with E-state index in [1.807, 2.05) is 6.07 Å². The van der Waals surface area contributed by atoms with E-state index in [0.29, 0.717) is 0 Å². The lowest BCUT2D eigenvalue weighted by molar-refractivity contribution is 0.350. The summed E-state index contributed by atoms with van der Waals surface area (Å²) < 4.78 is 10.9. The van der Waals surface area contributed by atoms with Gasteiger partial charge in [-0.3, -0.25) is 0 Å². The first-order valence-electron chi connectivity index (χ1n) is 5.94. The summed E-state index contributed by atoms with van der Waals surface area (Å²) in [5.41, 5.74) is 10.0. The fraction of sp³-hybridized carbons (Fsp3) is 0.571. The van der Waals surface area contributed by atoms with Crippen molar-refractivity contribution in [2.45, 2.75) is 38.6 Å². The molecule has 0 saturated heterocycles. The average molecular weight is 235 g/mol. The van der Waals surface area contributed by atoms with Crippen LogP contribution in [-0.2, 0) is 5.41 Å². The molecule has 0 radical (unpaired) electrons. The highest BCUT2D eigenvalue weighted by molar-refractivity contribution is 5.60. The molecule has 0 spiro atoms. The van der Waals surface area contributed by atoms with E-state index in [0.717, 1.165) is 23.5 Å². The SMILES string of the molecule is COc1cc(C)c2c(c1OC)[C@H](N)CC2(C)C. The van der Waals surface area contributed by atoms with Crippen molar-refractivity contribution >= 4 is 0 Å². The predicted octanol–water partition coefficient (Wildman–Crippen LogP) is 2.69. The van der Waals surface area contributed by atoms with Gasteiger partial charge in [0, 0.05) is 11.6 Å². The first-order valence-corrected chi connectivity index (χ1v) is 5.94. The number of fused-ring (bicyclic) bond motifs is 1. The van der Waals surface area contributed by atoms with Crippen LogP contribution in [0.3, 0.4) is 0 Å². The van der Waals surface area contributed by atoms with E-state index in [1.54, 1.807) is 14.2 Å². The third kappa shape index (κ3) is 1.69. The molecule has 3 nitrogen and oxygen atoms in total. The lowest BCUT2D eigenvalue weighted by atomic mass is 9.83. The first kappa shape index (κ1) is 12.2. The fourth-order valence-electron chi connectivity index (χ4n) is 3.16. The summed E-state index contributed by atoms with van der Waals surface area (Å²) in [7, 11) is 3.33. The number of rotatable bonds is 2. The van der Waals surface area contributed by atoms with E-state index >= 15 is 0 Å². The maximum atomic E-state index is 6.26. The van der Waals surface area contributed by atoms with E-state index in [-0.39, 0.29) is 11.5 Å². The molecule has 1 aromatic rings. The molecular weight excluding hydrogens is 214 g/mol. The number of benzene rings is 1. The van der Waals surface area contributed by atoms with E-state index in [4.69, 9.17) is 15.2 Å². The van der Waals surface area contributed by atoms with Gasteiger partial charge >= 0.3 is 0 Å². The molecule has 0 bridgehead atoms. The van der Waals surface area contributed by atoms with Crippen molar-refractivity contribution < 1.29 is 9.47 Å². The second-order valence-electron chi connectivity index (χ2n) is 5.41. The van der Waals surface area contributed by atoms with Crippen LogP contribution in [0, 0.1) is 6.92 Å². The van der Waals surface area contributed by atoms with Crippen molar-refractivity contribution in [2.24, 2.45) is 5.73 Å². The van der Waals surface area contributed by atoms with Gasteiger partial charge in [-0.1, -0.05) is 13.8 Å². The molecule has 0 heterocycles. The smallest absolute Gasteiger partial charge is 0.165 e. The van der Waals surface area contributed by atoms with E-state index in [1.165, 1.54) is 11.1 Å². The number of nitrogens with two attached hydrogens (primary N) is 1. The topological polar surface area (TPSA) is 44.5 Å². The highest BCUT2D eigenvalue weighted by Gasteiger charge is 2.39. The molecule has 0 fully saturated rings. The van der Waals surface area contributed by atoms with E-state index in [9.17, 15) is 0 Å². The molecule has 2 N–H and O–H groups in total. The molecule has 94 valence electrons. The number of aryl methyl sites for hydroxylation is 1. The van der Waals surface area contributed by atoms with Crippen molar-refractivity contribution in [1.29, 1.82) is 0 Å². The van der Waals surface area contributed by atoms with Crippen LogP contribution in [0.4, 0.5) is 0 Å². The maximum Gasteiger partial charge on any atom is 0.165 e. The molecule has 1 aromatic carbocycles. The van der Waals surface area contributed by atoms with E-state index in [2.05, 4.69) is 20.8 Å². The monoisotopic (exact) mass is 235 g/mol. The molecule has 2 rings (SSSR count). The summed E-state index contributed by atoms with van der Waals surface area (Å²) in [5.74, 6) is 1.57. The second kappa shape index (κ2) is 3.91. The Hall–Kier alpha value is -1.22. The Labute approximate surface area is 103 Å². The molecule has 17 heavy (non-hydrogen) atoms. The summed E-state index contributed by atoms with van der Waals surface area (Å²) >= 11 is 0. The molecule has 0 aliphatic heterocycles. The van der Waals surface area contributed by atoms with Crippen LogP contribution in [0.15, 0.2) is 6.07 Å². The van der Waals surface area contributed by atoms with Gasteiger partial charge < -0.3 is 15.2 Å². The molecule has 3 heteroatoms. The average Bonchev–Trinajstić information content (AvgIpc) is 2.49. The van der Waals surface area contributed by atoms with Crippen molar-refractivity contribution in [1.82, 2.24) is 0 Å². The fourth-order valence-corrected chi connectivity index (χ4v) is 3.16. The van der Waals surface area contributed by atoms with Crippen LogP contribution in [0.1, 0.15) is 43.0 Å². The zero-order chi connectivity index (χ0) is 12.8. The first-order chi connectivity index (χ1) is 7.92. The summed E-state index contributed by atoms with van der Waals surface area (Å²) in [6, 6.07) is 2.07. The van der Waals surface area contributed by atoms with Crippen molar-refractivity contribution in [2.75, 3.05) is 14.2 Å². The largest absolute Gasteiger partial charge is 0.493 e. The molecule has 0 amide bonds. The van der Waals surface area contributed by atoms with Gasteiger partial charge in [-0.05, 0) is 36.0 Å². The molecule has 1 aliphatic rings. The Morgan fingerprint density at radius 1 is 1.29 bits per heavy atom. The van der Waals surface area contributed by atoms with Gasteiger partial charge in [-0.15, -0.1) is 0 Å². The quantitative estimate of drug-likeness (QED) is 0.857. The summed E-state index contributed by atoms with van der Waals surface area (Å²) in [4.78, 5) is 0. The Morgan fingerprint density at radius 2 is 1.94 bits per heavy atom. The minimum Gasteiger partial charge on any atom is -0.493 e. The van der Waals surface area contributed by atoms with Gasteiger partial charge in [0.25, 0.3) is 0 Å². The molecule has 0 saturated carbocycles. The Morgan fingerprint density at radius 3 is 2.47 bits per heavy atom. The van der Waals surface area contributed by atoms with E-state index < -0.39 is 0 Å². The van der Waals surface area contributed by atoms with Crippen LogP contribution >= 0.6 is 0 Å². The Kier molecular flexibility index (Phi) is 2.82. The van der Waals surface area contributed by atoms with Gasteiger partial charge in [0.15, 0.2) is 11.5 Å². The van der Waals surface area contributed by atoms with Crippen LogP contribution < -0.4 is 15.2 Å². The molecule has 1 atom stereocenters. The van der Waals surface area contributed by atoms with Gasteiger partial charge in [0.05, 0.1) is 14.2 Å². The number of methoxy groups -OCH3 is 2. The molecular formula is C14H21NO2. The molecule has 0 aromatic heterocycles. The Bertz CT molecular complexity index is 452. The zero-order valence-corrected chi connectivity index (χ0v) is 11.3. The minimum absolute atomic E-state index is 0.0312. The number of hydrogen-bond acceptors (Lipinski definition) is 3. The highest BCUT2D eigenvalue weighted by Crippen LogP contribution is 2.51. The summed E-state index contributed by atoms with van der Waals surface area (Å²) in [6.45, 7) is 6.58. The lowest BCUT2D eigenvalue weighted by Crippen LogP contribution is -2.15. The van der Waals surface area contributed by atoms with Crippen LogP contribution in [-0.4, -0.2) is 14.2 Å². The van der Waals surface area contributed by atoms with Crippen LogP contribution in [0.5, 0.6) is 11.5 Å². The standard InChI is InChI=1S/C14H21NO2/c1-8-6-10(16-4)13(17-5)11-9(15)7-14(2,3)12(8)11/h6,9H,7,15H2,1-5H3/t9-/m1/s1. The van der Waals surface area contributed by atoms with Gasteiger partial charge in [-0.25, -0.2) is 0 Å². The maximum absolute atomic E-state index is 6.26. The van der Waals surface area contributed by atoms with Crippen molar-refractivity contribution in [3.05, 3.63) is 22.8 Å². The third-order valence-electron chi connectivity index (χ3n) is 3.68. The normalized spacial score (nSPS) is 21.2. The van der Waals surface area contributed by atoms with Crippen molar-refractivity contribution in [3.63, 3.8) is 0 Å². The number of ether oxygens (including phenoxy) is 2. The van der Waals surface area contributed by atoms with Gasteiger partial charge in [-0.2, -0.15) is 0 Å². The van der Waals surface area contributed by atoms with Crippen LogP contribution in [0.2, 0.25) is 0 Å².